The normalized spacial score (nSPS) is 12.1. The summed E-state index contributed by atoms with van der Waals surface area (Å²) in [6.07, 6.45) is 0. The molecular formula is C19H18N2O2S. The lowest BCUT2D eigenvalue weighted by Crippen LogP contribution is -2.12. The fourth-order valence-corrected chi connectivity index (χ4v) is 3.33. The van der Waals surface area contributed by atoms with Crippen molar-refractivity contribution in [2.45, 2.75) is 17.3 Å². The number of rotatable bonds is 5. The predicted octanol–water partition coefficient (Wildman–Crippen LogP) is 4.32. The van der Waals surface area contributed by atoms with E-state index in [1.165, 1.54) is 11.8 Å². The molecule has 4 nitrogen and oxygen atoms in total. The summed E-state index contributed by atoms with van der Waals surface area (Å²) in [6.45, 7) is 1.67. The van der Waals surface area contributed by atoms with Crippen LogP contribution < -0.4 is 0 Å². The number of aromatic nitrogens is 2. The molecule has 1 heterocycles. The molecule has 0 aliphatic carbocycles. The van der Waals surface area contributed by atoms with Crippen molar-refractivity contribution < 1.29 is 9.90 Å². The van der Waals surface area contributed by atoms with Crippen molar-refractivity contribution in [3.05, 3.63) is 60.7 Å². The first-order chi connectivity index (χ1) is 11.6. The van der Waals surface area contributed by atoms with Gasteiger partial charge in [-0.2, -0.15) is 0 Å². The molecule has 1 atom stereocenters. The van der Waals surface area contributed by atoms with Gasteiger partial charge in [-0.3, -0.25) is 4.79 Å². The van der Waals surface area contributed by atoms with E-state index in [9.17, 15) is 9.90 Å². The fraction of sp³-hybridized carbons (Fsp3) is 0.158. The number of hydrogen-bond acceptors (Lipinski definition) is 3. The third-order valence-corrected chi connectivity index (χ3v) is 4.91. The van der Waals surface area contributed by atoms with Gasteiger partial charge in [0.15, 0.2) is 5.16 Å². The van der Waals surface area contributed by atoms with Gasteiger partial charge in [0.05, 0.1) is 11.4 Å². The highest BCUT2D eigenvalue weighted by Gasteiger charge is 2.21. The minimum absolute atomic E-state index is 0.557. The van der Waals surface area contributed by atoms with E-state index in [2.05, 4.69) is 0 Å². The zero-order valence-corrected chi connectivity index (χ0v) is 14.3. The van der Waals surface area contributed by atoms with Gasteiger partial charge in [-0.25, -0.2) is 4.98 Å². The lowest BCUT2D eigenvalue weighted by Gasteiger charge is -2.09. The number of benzene rings is 2. The average Bonchev–Trinajstić information content (AvgIpc) is 2.93. The standard InChI is InChI=1S/C19H18N2O2S/c1-13(18(22)23)24-19-20-16(14-9-5-3-6-10-14)17(21(19)2)15-11-7-4-8-12-15/h3-13H,1-2H3,(H,22,23). The number of nitrogens with zero attached hydrogens (tertiary/aromatic N) is 2. The molecule has 0 fully saturated rings. The van der Waals surface area contributed by atoms with E-state index in [0.29, 0.717) is 5.16 Å². The zero-order valence-electron chi connectivity index (χ0n) is 13.5. The van der Waals surface area contributed by atoms with Crippen molar-refractivity contribution in [2.75, 3.05) is 0 Å². The van der Waals surface area contributed by atoms with Crippen molar-refractivity contribution in [1.82, 2.24) is 9.55 Å². The summed E-state index contributed by atoms with van der Waals surface area (Å²) in [7, 11) is 1.93. The molecule has 0 bridgehead atoms. The zero-order chi connectivity index (χ0) is 17.1. The van der Waals surface area contributed by atoms with Crippen LogP contribution in [-0.4, -0.2) is 25.9 Å². The number of carboxylic acids is 1. The summed E-state index contributed by atoms with van der Waals surface area (Å²) < 4.78 is 1.97. The number of hydrogen-bond donors (Lipinski definition) is 1. The van der Waals surface area contributed by atoms with E-state index < -0.39 is 11.2 Å². The van der Waals surface area contributed by atoms with Gasteiger partial charge in [0.2, 0.25) is 0 Å². The maximum atomic E-state index is 11.2. The van der Waals surface area contributed by atoms with Crippen molar-refractivity contribution in [2.24, 2.45) is 7.05 Å². The smallest absolute Gasteiger partial charge is 0.316 e. The Balaban J connectivity index is 2.15. The Labute approximate surface area is 145 Å². The van der Waals surface area contributed by atoms with E-state index in [4.69, 9.17) is 4.98 Å². The van der Waals surface area contributed by atoms with Gasteiger partial charge < -0.3 is 9.67 Å². The molecule has 1 N–H and O–H groups in total. The van der Waals surface area contributed by atoms with Gasteiger partial charge in [0.25, 0.3) is 0 Å². The van der Waals surface area contributed by atoms with Crippen LogP contribution in [0, 0.1) is 0 Å². The molecule has 0 aliphatic rings. The second-order valence-corrected chi connectivity index (χ2v) is 6.79. The summed E-state index contributed by atoms with van der Waals surface area (Å²) in [6, 6.07) is 20.0. The Hall–Kier alpha value is -2.53. The molecule has 1 aromatic heterocycles. The number of aliphatic carboxylic acids is 1. The van der Waals surface area contributed by atoms with Crippen LogP contribution in [-0.2, 0) is 11.8 Å². The van der Waals surface area contributed by atoms with Crippen LogP contribution in [0.15, 0.2) is 65.8 Å². The van der Waals surface area contributed by atoms with Crippen LogP contribution in [0.5, 0.6) is 0 Å². The Morgan fingerprint density at radius 3 is 2.12 bits per heavy atom. The highest BCUT2D eigenvalue weighted by atomic mass is 32.2. The lowest BCUT2D eigenvalue weighted by molar-refractivity contribution is -0.136. The Kier molecular flexibility index (Phi) is 4.71. The van der Waals surface area contributed by atoms with Crippen LogP contribution in [0.25, 0.3) is 22.5 Å². The third kappa shape index (κ3) is 3.21. The van der Waals surface area contributed by atoms with Crippen LogP contribution >= 0.6 is 11.8 Å². The molecule has 3 rings (SSSR count). The summed E-state index contributed by atoms with van der Waals surface area (Å²) in [5.74, 6) is -0.842. The summed E-state index contributed by atoms with van der Waals surface area (Å²) in [5.41, 5.74) is 3.93. The highest BCUT2D eigenvalue weighted by Crippen LogP contribution is 2.36. The van der Waals surface area contributed by atoms with Crippen LogP contribution in [0.4, 0.5) is 0 Å². The molecule has 0 spiro atoms. The number of carbonyl (C=O) groups is 1. The molecule has 2 aromatic carbocycles. The maximum Gasteiger partial charge on any atom is 0.316 e. The van der Waals surface area contributed by atoms with Crippen molar-refractivity contribution in [3.8, 4) is 22.5 Å². The SMILES string of the molecule is CC(Sc1nc(-c2ccccc2)c(-c2ccccc2)n1C)C(=O)O. The molecule has 1 unspecified atom stereocenters. The van der Waals surface area contributed by atoms with E-state index in [0.717, 1.165) is 22.5 Å². The molecule has 24 heavy (non-hydrogen) atoms. The fourth-order valence-electron chi connectivity index (χ4n) is 2.52. The van der Waals surface area contributed by atoms with Gasteiger partial charge in [0, 0.05) is 18.2 Å². The molecule has 0 saturated carbocycles. The maximum absolute atomic E-state index is 11.2. The van der Waals surface area contributed by atoms with Gasteiger partial charge in [-0.1, -0.05) is 72.4 Å². The minimum atomic E-state index is -0.842. The van der Waals surface area contributed by atoms with E-state index >= 15 is 0 Å². The first kappa shape index (κ1) is 16.3. The summed E-state index contributed by atoms with van der Waals surface area (Å²) in [5, 5.41) is 9.33. The molecule has 0 radical (unpaired) electrons. The molecule has 0 amide bonds. The topological polar surface area (TPSA) is 55.1 Å². The number of imidazole rings is 1. The minimum Gasteiger partial charge on any atom is -0.480 e. The van der Waals surface area contributed by atoms with E-state index in [1.54, 1.807) is 6.92 Å². The first-order valence-corrected chi connectivity index (χ1v) is 8.53. The third-order valence-electron chi connectivity index (χ3n) is 3.78. The Bertz CT molecular complexity index is 845. The first-order valence-electron chi connectivity index (χ1n) is 7.65. The van der Waals surface area contributed by atoms with Crippen LogP contribution in [0.1, 0.15) is 6.92 Å². The number of thioether (sulfide) groups is 1. The van der Waals surface area contributed by atoms with E-state index in [1.807, 2.05) is 72.3 Å². The monoisotopic (exact) mass is 338 g/mol. The summed E-state index contributed by atoms with van der Waals surface area (Å²) >= 11 is 1.25. The van der Waals surface area contributed by atoms with Crippen LogP contribution in [0.3, 0.4) is 0 Å². The van der Waals surface area contributed by atoms with Gasteiger partial charge >= 0.3 is 5.97 Å². The Morgan fingerprint density at radius 1 is 1.04 bits per heavy atom. The second-order valence-electron chi connectivity index (χ2n) is 5.48. The quantitative estimate of drug-likeness (QED) is 0.704. The van der Waals surface area contributed by atoms with Crippen LogP contribution in [0.2, 0.25) is 0 Å². The molecule has 3 aromatic rings. The van der Waals surface area contributed by atoms with Gasteiger partial charge in [-0.15, -0.1) is 0 Å². The molecule has 0 aliphatic heterocycles. The van der Waals surface area contributed by atoms with Gasteiger partial charge in [0.1, 0.15) is 5.25 Å². The molecule has 5 heteroatoms. The highest BCUT2D eigenvalue weighted by molar-refractivity contribution is 8.00. The number of carboxylic acid groups (broad SMARTS) is 1. The Morgan fingerprint density at radius 2 is 1.58 bits per heavy atom. The summed E-state index contributed by atoms with van der Waals surface area (Å²) in [4.78, 5) is 15.9. The molecule has 0 saturated heterocycles. The average molecular weight is 338 g/mol. The molecule has 122 valence electrons. The molecular weight excluding hydrogens is 320 g/mol. The van der Waals surface area contributed by atoms with E-state index in [-0.39, 0.29) is 0 Å². The van der Waals surface area contributed by atoms with Crippen molar-refractivity contribution in [3.63, 3.8) is 0 Å². The largest absolute Gasteiger partial charge is 0.480 e. The second kappa shape index (κ2) is 6.93. The predicted molar refractivity (Wildman–Crippen MR) is 97.0 cm³/mol. The van der Waals surface area contributed by atoms with Crippen molar-refractivity contribution in [1.29, 1.82) is 0 Å². The van der Waals surface area contributed by atoms with Crippen molar-refractivity contribution >= 4 is 17.7 Å². The van der Waals surface area contributed by atoms with Gasteiger partial charge in [-0.05, 0) is 6.92 Å². The lowest BCUT2D eigenvalue weighted by atomic mass is 10.1.